The third kappa shape index (κ3) is 2.99. The van der Waals surface area contributed by atoms with E-state index < -0.39 is 6.04 Å². The standard InChI is InChI=1S/C21H20ClFN2O/c1-21(2)10-17-19(18(26)11-21)20(13-5-3-4-6-14(13)23)25-16-9-12(22)7-8-15(16)24-17/h3-9,20,24-25H,10-11H2,1-2H3/t20-/m0/s1. The molecule has 5 heteroatoms. The van der Waals surface area contributed by atoms with E-state index in [0.717, 1.165) is 23.5 Å². The average molecular weight is 371 g/mol. The van der Waals surface area contributed by atoms with Gasteiger partial charge in [-0.25, -0.2) is 4.39 Å². The van der Waals surface area contributed by atoms with Crippen molar-refractivity contribution in [1.29, 1.82) is 0 Å². The van der Waals surface area contributed by atoms with Gasteiger partial charge in [0.25, 0.3) is 0 Å². The summed E-state index contributed by atoms with van der Waals surface area (Å²) < 4.78 is 14.6. The van der Waals surface area contributed by atoms with Gasteiger partial charge < -0.3 is 10.6 Å². The van der Waals surface area contributed by atoms with Gasteiger partial charge in [-0.15, -0.1) is 0 Å². The van der Waals surface area contributed by atoms with Crippen molar-refractivity contribution in [2.24, 2.45) is 5.41 Å². The molecular weight excluding hydrogens is 351 g/mol. The van der Waals surface area contributed by atoms with Crippen LogP contribution in [0.25, 0.3) is 0 Å². The van der Waals surface area contributed by atoms with Crippen LogP contribution >= 0.6 is 11.6 Å². The molecule has 2 aromatic rings. The molecule has 1 aliphatic carbocycles. The number of carbonyl (C=O) groups excluding carboxylic acids is 1. The van der Waals surface area contributed by atoms with Crippen LogP contribution in [-0.2, 0) is 4.79 Å². The van der Waals surface area contributed by atoms with E-state index in [0.29, 0.717) is 22.6 Å². The predicted molar refractivity (Wildman–Crippen MR) is 103 cm³/mol. The van der Waals surface area contributed by atoms with Crippen LogP contribution in [0, 0.1) is 11.2 Å². The van der Waals surface area contributed by atoms with E-state index in [-0.39, 0.29) is 17.0 Å². The average Bonchev–Trinajstić information content (AvgIpc) is 2.70. The second-order valence-corrected chi connectivity index (χ2v) is 8.18. The number of Topliss-reactive ketones (excluding diaryl/α,β-unsaturated/α-hetero) is 1. The first-order chi connectivity index (χ1) is 12.3. The highest BCUT2D eigenvalue weighted by Gasteiger charge is 2.39. The van der Waals surface area contributed by atoms with E-state index in [9.17, 15) is 9.18 Å². The van der Waals surface area contributed by atoms with Gasteiger partial charge in [-0.2, -0.15) is 0 Å². The molecule has 134 valence electrons. The number of anilines is 2. The number of nitrogens with one attached hydrogen (secondary N) is 2. The van der Waals surface area contributed by atoms with E-state index in [2.05, 4.69) is 24.5 Å². The fourth-order valence-electron chi connectivity index (χ4n) is 3.86. The Hall–Kier alpha value is -2.33. The quantitative estimate of drug-likeness (QED) is 0.676. The summed E-state index contributed by atoms with van der Waals surface area (Å²) in [6, 6.07) is 11.5. The molecule has 0 spiro atoms. The van der Waals surface area contributed by atoms with Gasteiger partial charge in [-0.05, 0) is 36.1 Å². The molecule has 1 heterocycles. The van der Waals surface area contributed by atoms with Crippen molar-refractivity contribution in [3.8, 4) is 0 Å². The summed E-state index contributed by atoms with van der Waals surface area (Å²) >= 11 is 6.16. The molecule has 0 unspecified atom stereocenters. The van der Waals surface area contributed by atoms with Crippen LogP contribution in [0.15, 0.2) is 53.7 Å². The Morgan fingerprint density at radius 1 is 1.12 bits per heavy atom. The van der Waals surface area contributed by atoms with Gasteiger partial charge in [0.05, 0.1) is 17.4 Å². The fourth-order valence-corrected chi connectivity index (χ4v) is 4.03. The normalized spacial score (nSPS) is 21.2. The Morgan fingerprint density at radius 3 is 2.65 bits per heavy atom. The van der Waals surface area contributed by atoms with Crippen molar-refractivity contribution in [3.63, 3.8) is 0 Å². The number of hydrogen-bond donors (Lipinski definition) is 2. The van der Waals surface area contributed by atoms with Crippen LogP contribution in [0.1, 0.15) is 38.3 Å². The number of rotatable bonds is 1. The topological polar surface area (TPSA) is 41.1 Å². The molecule has 26 heavy (non-hydrogen) atoms. The van der Waals surface area contributed by atoms with Crippen LogP contribution < -0.4 is 10.6 Å². The molecule has 0 fully saturated rings. The summed E-state index contributed by atoms with van der Waals surface area (Å²) in [4.78, 5) is 13.0. The number of halogens is 2. The monoisotopic (exact) mass is 370 g/mol. The maximum absolute atomic E-state index is 14.6. The lowest BCUT2D eigenvalue weighted by Gasteiger charge is -2.34. The van der Waals surface area contributed by atoms with E-state index in [1.54, 1.807) is 30.3 Å². The van der Waals surface area contributed by atoms with Gasteiger partial charge in [0.2, 0.25) is 0 Å². The summed E-state index contributed by atoms with van der Waals surface area (Å²) in [6.45, 7) is 4.16. The molecular formula is C21H20ClFN2O. The maximum atomic E-state index is 14.6. The van der Waals surface area contributed by atoms with Crippen LogP contribution in [0.4, 0.5) is 15.8 Å². The SMILES string of the molecule is CC1(C)CC(=O)C2=C(C1)Nc1ccc(Cl)cc1N[C@H]2c1ccccc1F. The number of benzene rings is 2. The molecule has 0 saturated carbocycles. The van der Waals surface area contributed by atoms with Crippen LogP contribution in [-0.4, -0.2) is 5.78 Å². The lowest BCUT2D eigenvalue weighted by atomic mass is 9.73. The molecule has 2 N–H and O–H groups in total. The van der Waals surface area contributed by atoms with Gasteiger partial charge in [0, 0.05) is 28.3 Å². The van der Waals surface area contributed by atoms with Gasteiger partial charge in [-0.1, -0.05) is 43.6 Å². The predicted octanol–water partition coefficient (Wildman–Crippen LogP) is 5.70. The van der Waals surface area contributed by atoms with Crippen molar-refractivity contribution in [3.05, 3.63) is 70.1 Å². The van der Waals surface area contributed by atoms with E-state index in [1.165, 1.54) is 6.07 Å². The number of carbonyl (C=O) groups is 1. The second kappa shape index (κ2) is 6.13. The van der Waals surface area contributed by atoms with E-state index in [4.69, 9.17) is 11.6 Å². The minimum absolute atomic E-state index is 0.0448. The van der Waals surface area contributed by atoms with E-state index >= 15 is 0 Å². The summed E-state index contributed by atoms with van der Waals surface area (Å²) in [5.41, 5.74) is 3.38. The van der Waals surface area contributed by atoms with Gasteiger partial charge in [0.15, 0.2) is 5.78 Å². The molecule has 2 aromatic carbocycles. The number of allylic oxidation sites excluding steroid dienone is 1. The zero-order valence-electron chi connectivity index (χ0n) is 14.7. The van der Waals surface area contributed by atoms with Gasteiger partial charge >= 0.3 is 0 Å². The molecule has 0 saturated heterocycles. The fraction of sp³-hybridized carbons (Fsp3) is 0.286. The second-order valence-electron chi connectivity index (χ2n) is 7.75. The minimum Gasteiger partial charge on any atom is -0.372 e. The number of fused-ring (bicyclic) bond motifs is 1. The Balaban J connectivity index is 1.92. The third-order valence-electron chi connectivity index (χ3n) is 4.99. The zero-order valence-corrected chi connectivity index (χ0v) is 15.5. The highest BCUT2D eigenvalue weighted by Crippen LogP contribution is 2.46. The number of hydrogen-bond acceptors (Lipinski definition) is 3. The molecule has 0 aromatic heterocycles. The van der Waals surface area contributed by atoms with Crippen LogP contribution in [0.2, 0.25) is 5.02 Å². The summed E-state index contributed by atoms with van der Waals surface area (Å²) in [5, 5.41) is 7.34. The zero-order chi connectivity index (χ0) is 18.5. The Labute approximate surface area is 157 Å². The van der Waals surface area contributed by atoms with Gasteiger partial charge in [0.1, 0.15) is 5.82 Å². The third-order valence-corrected chi connectivity index (χ3v) is 5.23. The van der Waals surface area contributed by atoms with Crippen molar-refractivity contribution in [1.82, 2.24) is 0 Å². The lowest BCUT2D eigenvalue weighted by Crippen LogP contribution is -2.31. The summed E-state index contributed by atoms with van der Waals surface area (Å²) in [5.74, 6) is -0.289. The Kier molecular flexibility index (Phi) is 4.03. The molecule has 2 aliphatic rings. The summed E-state index contributed by atoms with van der Waals surface area (Å²) in [7, 11) is 0. The first-order valence-electron chi connectivity index (χ1n) is 8.68. The molecule has 0 radical (unpaired) electrons. The Bertz CT molecular complexity index is 935. The van der Waals surface area contributed by atoms with Crippen molar-refractivity contribution >= 4 is 28.8 Å². The first-order valence-corrected chi connectivity index (χ1v) is 9.06. The molecule has 0 bridgehead atoms. The lowest BCUT2D eigenvalue weighted by molar-refractivity contribution is -0.118. The summed E-state index contributed by atoms with van der Waals surface area (Å²) in [6.07, 6.45) is 1.17. The highest BCUT2D eigenvalue weighted by atomic mass is 35.5. The van der Waals surface area contributed by atoms with Crippen molar-refractivity contribution < 1.29 is 9.18 Å². The van der Waals surface area contributed by atoms with Crippen LogP contribution in [0.3, 0.4) is 0 Å². The highest BCUT2D eigenvalue weighted by molar-refractivity contribution is 6.31. The minimum atomic E-state index is -0.554. The first kappa shape index (κ1) is 17.1. The Morgan fingerprint density at radius 2 is 1.88 bits per heavy atom. The van der Waals surface area contributed by atoms with Gasteiger partial charge in [-0.3, -0.25) is 4.79 Å². The van der Waals surface area contributed by atoms with E-state index in [1.807, 2.05) is 6.07 Å². The molecule has 4 rings (SSSR count). The van der Waals surface area contributed by atoms with Crippen molar-refractivity contribution in [2.75, 3.05) is 10.6 Å². The van der Waals surface area contributed by atoms with Crippen molar-refractivity contribution in [2.45, 2.75) is 32.7 Å². The molecule has 0 amide bonds. The number of ketones is 1. The molecule has 1 atom stereocenters. The maximum Gasteiger partial charge on any atom is 0.163 e. The molecule has 1 aliphatic heterocycles. The van der Waals surface area contributed by atoms with Crippen LogP contribution in [0.5, 0.6) is 0 Å². The smallest absolute Gasteiger partial charge is 0.163 e. The largest absolute Gasteiger partial charge is 0.372 e. The molecule has 3 nitrogen and oxygen atoms in total.